The highest BCUT2D eigenvalue weighted by atomic mass is 79.9. The average Bonchev–Trinajstić information content (AvgIpc) is 2.39. The molecule has 1 N–H and O–H groups in total. The Morgan fingerprint density at radius 1 is 1.37 bits per heavy atom. The van der Waals surface area contributed by atoms with Gasteiger partial charge in [0, 0.05) is 10.5 Å². The molecule has 0 radical (unpaired) electrons. The normalized spacial score (nSPS) is 12.6. The zero-order chi connectivity index (χ0) is 14.6. The standard InChI is InChI=1S/C11H14BrNO5S/c1-7(11(14)18-3)19(15,16)13-10-6-8(17-2)4-5-9(10)12/h4-7,13H,1-3H3. The minimum absolute atomic E-state index is 0.287. The summed E-state index contributed by atoms with van der Waals surface area (Å²) in [4.78, 5) is 11.3. The van der Waals surface area contributed by atoms with Gasteiger partial charge < -0.3 is 9.47 Å². The van der Waals surface area contributed by atoms with Crippen LogP contribution in [0.4, 0.5) is 5.69 Å². The number of hydrogen-bond acceptors (Lipinski definition) is 5. The van der Waals surface area contributed by atoms with Crippen molar-refractivity contribution in [1.82, 2.24) is 0 Å². The van der Waals surface area contributed by atoms with Crippen LogP contribution in [0, 0.1) is 0 Å². The third kappa shape index (κ3) is 3.84. The van der Waals surface area contributed by atoms with Crippen LogP contribution in [0.3, 0.4) is 0 Å². The molecule has 0 aliphatic heterocycles. The summed E-state index contributed by atoms with van der Waals surface area (Å²) >= 11 is 3.22. The summed E-state index contributed by atoms with van der Waals surface area (Å²) in [5.74, 6) is -0.335. The summed E-state index contributed by atoms with van der Waals surface area (Å²) in [6.45, 7) is 1.25. The highest BCUT2D eigenvalue weighted by Gasteiger charge is 2.29. The van der Waals surface area contributed by atoms with E-state index in [0.717, 1.165) is 7.11 Å². The number of anilines is 1. The highest BCUT2D eigenvalue weighted by Crippen LogP contribution is 2.28. The molecule has 0 amide bonds. The number of carbonyl (C=O) groups excluding carboxylic acids is 1. The summed E-state index contributed by atoms with van der Waals surface area (Å²) in [5.41, 5.74) is 0.287. The molecule has 0 bridgehead atoms. The number of hydrogen-bond donors (Lipinski definition) is 1. The van der Waals surface area contributed by atoms with Gasteiger partial charge in [-0.1, -0.05) is 0 Å². The number of nitrogens with one attached hydrogen (secondary N) is 1. The molecule has 1 atom stereocenters. The van der Waals surface area contributed by atoms with Gasteiger partial charge in [-0.3, -0.25) is 9.52 Å². The molecule has 0 aliphatic rings. The molecule has 0 spiro atoms. The van der Waals surface area contributed by atoms with Crippen molar-refractivity contribution < 1.29 is 22.7 Å². The van der Waals surface area contributed by atoms with Crippen molar-refractivity contribution in [2.24, 2.45) is 0 Å². The smallest absolute Gasteiger partial charge is 0.325 e. The number of carbonyl (C=O) groups is 1. The van der Waals surface area contributed by atoms with E-state index in [4.69, 9.17) is 4.74 Å². The van der Waals surface area contributed by atoms with Gasteiger partial charge in [0.15, 0.2) is 5.25 Å². The summed E-state index contributed by atoms with van der Waals surface area (Å²) in [6, 6.07) is 4.82. The Hall–Kier alpha value is -1.28. The van der Waals surface area contributed by atoms with Crippen LogP contribution in [-0.2, 0) is 19.6 Å². The molecule has 0 heterocycles. The molecule has 0 saturated carbocycles. The van der Waals surface area contributed by atoms with Crippen LogP contribution in [0.15, 0.2) is 22.7 Å². The number of esters is 1. The monoisotopic (exact) mass is 351 g/mol. The molecule has 1 aromatic rings. The summed E-state index contributed by atoms with van der Waals surface area (Å²) in [5, 5.41) is -1.31. The van der Waals surface area contributed by atoms with Gasteiger partial charge in [0.25, 0.3) is 0 Å². The molecule has 106 valence electrons. The van der Waals surface area contributed by atoms with Gasteiger partial charge in [0.2, 0.25) is 10.0 Å². The summed E-state index contributed by atoms with van der Waals surface area (Å²) < 4.78 is 36.2. The average molecular weight is 352 g/mol. The second kappa shape index (κ2) is 6.25. The zero-order valence-corrected chi connectivity index (χ0v) is 13.0. The summed E-state index contributed by atoms with van der Waals surface area (Å²) in [6.07, 6.45) is 0. The summed E-state index contributed by atoms with van der Waals surface area (Å²) in [7, 11) is -1.28. The van der Waals surface area contributed by atoms with E-state index >= 15 is 0 Å². The van der Waals surface area contributed by atoms with Gasteiger partial charge in [-0.25, -0.2) is 8.42 Å². The fourth-order valence-electron chi connectivity index (χ4n) is 1.24. The van der Waals surface area contributed by atoms with E-state index in [2.05, 4.69) is 25.4 Å². The van der Waals surface area contributed by atoms with Crippen molar-refractivity contribution >= 4 is 37.6 Å². The Kier molecular flexibility index (Phi) is 5.19. The molecule has 0 fully saturated rings. The molecule has 8 heteroatoms. The van der Waals surface area contributed by atoms with Crippen LogP contribution in [0.2, 0.25) is 0 Å². The molecular weight excluding hydrogens is 338 g/mol. The minimum Gasteiger partial charge on any atom is -0.497 e. The zero-order valence-electron chi connectivity index (χ0n) is 10.6. The molecule has 1 unspecified atom stereocenters. The SMILES string of the molecule is COC(=O)C(C)S(=O)(=O)Nc1cc(OC)ccc1Br. The van der Waals surface area contributed by atoms with Crippen molar-refractivity contribution in [3.8, 4) is 5.75 Å². The van der Waals surface area contributed by atoms with Crippen molar-refractivity contribution in [2.45, 2.75) is 12.2 Å². The van der Waals surface area contributed by atoms with E-state index < -0.39 is 21.2 Å². The van der Waals surface area contributed by atoms with E-state index in [-0.39, 0.29) is 5.69 Å². The van der Waals surface area contributed by atoms with E-state index in [1.54, 1.807) is 12.1 Å². The molecule has 1 aromatic carbocycles. The first-order valence-corrected chi connectivity index (χ1v) is 7.58. The fourth-order valence-corrected chi connectivity index (χ4v) is 2.72. The number of sulfonamides is 1. The minimum atomic E-state index is -3.88. The molecule has 1 rings (SSSR count). The van der Waals surface area contributed by atoms with Gasteiger partial charge >= 0.3 is 5.97 Å². The number of halogens is 1. The predicted molar refractivity (Wildman–Crippen MR) is 74.7 cm³/mol. The van der Waals surface area contributed by atoms with Crippen LogP contribution >= 0.6 is 15.9 Å². The third-order valence-corrected chi connectivity index (χ3v) is 4.74. The van der Waals surface area contributed by atoms with Gasteiger partial charge in [0.1, 0.15) is 5.75 Å². The molecular formula is C11H14BrNO5S. The lowest BCUT2D eigenvalue weighted by Gasteiger charge is -2.14. The molecule has 19 heavy (non-hydrogen) atoms. The highest BCUT2D eigenvalue weighted by molar-refractivity contribution is 9.10. The Bertz CT molecular complexity index is 572. The van der Waals surface area contributed by atoms with Gasteiger partial charge in [0.05, 0.1) is 19.9 Å². The van der Waals surface area contributed by atoms with Crippen LogP contribution in [0.5, 0.6) is 5.75 Å². The lowest BCUT2D eigenvalue weighted by atomic mass is 10.3. The van der Waals surface area contributed by atoms with E-state index in [0.29, 0.717) is 10.2 Å². The number of benzene rings is 1. The van der Waals surface area contributed by atoms with E-state index in [9.17, 15) is 13.2 Å². The number of methoxy groups -OCH3 is 2. The molecule has 0 aliphatic carbocycles. The van der Waals surface area contributed by atoms with Crippen molar-refractivity contribution in [1.29, 1.82) is 0 Å². The van der Waals surface area contributed by atoms with Gasteiger partial charge in [-0.15, -0.1) is 0 Å². The van der Waals surface area contributed by atoms with Crippen molar-refractivity contribution in [3.05, 3.63) is 22.7 Å². The maximum absolute atomic E-state index is 12.0. The predicted octanol–water partition coefficient (Wildman–Crippen LogP) is 1.76. The van der Waals surface area contributed by atoms with Gasteiger partial charge in [-0.05, 0) is 35.0 Å². The van der Waals surface area contributed by atoms with Crippen LogP contribution in [-0.4, -0.2) is 33.9 Å². The maximum Gasteiger partial charge on any atom is 0.325 e. The third-order valence-electron chi connectivity index (χ3n) is 2.42. The topological polar surface area (TPSA) is 81.7 Å². The Labute approximate surface area is 120 Å². The first-order valence-electron chi connectivity index (χ1n) is 5.25. The largest absolute Gasteiger partial charge is 0.497 e. The lowest BCUT2D eigenvalue weighted by molar-refractivity contribution is -0.139. The van der Waals surface area contributed by atoms with Crippen LogP contribution in [0.1, 0.15) is 6.92 Å². The second-order valence-corrected chi connectivity index (χ2v) is 6.51. The Morgan fingerprint density at radius 2 is 2.00 bits per heavy atom. The van der Waals surface area contributed by atoms with Crippen LogP contribution < -0.4 is 9.46 Å². The van der Waals surface area contributed by atoms with E-state index in [1.807, 2.05) is 0 Å². The first kappa shape index (κ1) is 15.8. The Morgan fingerprint density at radius 3 is 2.53 bits per heavy atom. The molecule has 0 saturated heterocycles. The van der Waals surface area contributed by atoms with Crippen molar-refractivity contribution in [2.75, 3.05) is 18.9 Å². The first-order chi connectivity index (χ1) is 8.81. The molecule has 6 nitrogen and oxygen atoms in total. The molecule has 0 aromatic heterocycles. The van der Waals surface area contributed by atoms with Gasteiger partial charge in [-0.2, -0.15) is 0 Å². The quantitative estimate of drug-likeness (QED) is 0.817. The number of ether oxygens (including phenoxy) is 2. The lowest BCUT2D eigenvalue weighted by Crippen LogP contribution is -2.33. The number of rotatable bonds is 5. The van der Waals surface area contributed by atoms with E-state index in [1.165, 1.54) is 20.1 Å². The fraction of sp³-hybridized carbons (Fsp3) is 0.364. The Balaban J connectivity index is 3.04. The second-order valence-electron chi connectivity index (χ2n) is 3.66. The van der Waals surface area contributed by atoms with Crippen molar-refractivity contribution in [3.63, 3.8) is 0 Å². The maximum atomic E-state index is 12.0. The van der Waals surface area contributed by atoms with Crippen LogP contribution in [0.25, 0.3) is 0 Å².